The van der Waals surface area contributed by atoms with Gasteiger partial charge in [-0.25, -0.2) is 0 Å². The van der Waals surface area contributed by atoms with Crippen LogP contribution in [0.4, 0.5) is 0 Å². The molecular formula is C8H20N2O. The Morgan fingerprint density at radius 2 is 1.91 bits per heavy atom. The third kappa shape index (κ3) is 9.88. The van der Waals surface area contributed by atoms with Crippen LogP contribution in [0, 0.1) is 0 Å². The van der Waals surface area contributed by atoms with Crippen molar-refractivity contribution in [3.05, 3.63) is 0 Å². The van der Waals surface area contributed by atoms with Gasteiger partial charge in [0.15, 0.2) is 0 Å². The number of nitrogens with zero attached hydrogens (tertiary/aromatic N) is 1. The molecule has 0 bridgehead atoms. The summed E-state index contributed by atoms with van der Waals surface area (Å²) < 4.78 is 5.34. The molecule has 2 N–H and O–H groups in total. The number of ether oxygens (including phenoxy) is 1. The van der Waals surface area contributed by atoms with Crippen molar-refractivity contribution in [1.29, 1.82) is 0 Å². The first-order valence-electron chi connectivity index (χ1n) is 3.93. The fourth-order valence-corrected chi connectivity index (χ4v) is 0.582. The van der Waals surface area contributed by atoms with E-state index in [1.807, 2.05) is 27.9 Å². The van der Waals surface area contributed by atoms with Gasteiger partial charge in [0, 0.05) is 12.1 Å². The average molecular weight is 160 g/mol. The van der Waals surface area contributed by atoms with Crippen molar-refractivity contribution in [3.63, 3.8) is 0 Å². The van der Waals surface area contributed by atoms with E-state index in [1.165, 1.54) is 0 Å². The van der Waals surface area contributed by atoms with E-state index < -0.39 is 0 Å². The molecule has 0 aliphatic carbocycles. The molecule has 0 heterocycles. The SMILES string of the molecule is CN(C)CCOCC(C)(C)N. The summed E-state index contributed by atoms with van der Waals surface area (Å²) in [5, 5.41) is 0. The fraction of sp³-hybridized carbons (Fsp3) is 1.00. The number of likely N-dealkylation sites (N-methyl/N-ethyl adjacent to an activating group) is 1. The second-order valence-corrected chi connectivity index (χ2v) is 3.84. The van der Waals surface area contributed by atoms with Crippen LogP contribution in [0.25, 0.3) is 0 Å². The number of nitrogens with two attached hydrogens (primary N) is 1. The maximum atomic E-state index is 5.71. The lowest BCUT2D eigenvalue weighted by Crippen LogP contribution is -2.38. The fourth-order valence-electron chi connectivity index (χ4n) is 0.582. The van der Waals surface area contributed by atoms with E-state index in [4.69, 9.17) is 10.5 Å². The van der Waals surface area contributed by atoms with Crippen LogP contribution in [0.5, 0.6) is 0 Å². The maximum Gasteiger partial charge on any atom is 0.0641 e. The van der Waals surface area contributed by atoms with Crippen molar-refractivity contribution in [1.82, 2.24) is 4.90 Å². The molecule has 0 aromatic rings. The Kier molecular flexibility index (Phi) is 4.65. The molecule has 0 radical (unpaired) electrons. The summed E-state index contributed by atoms with van der Waals surface area (Å²) in [7, 11) is 4.05. The number of hydrogen-bond donors (Lipinski definition) is 1. The van der Waals surface area contributed by atoms with Gasteiger partial charge in [0.2, 0.25) is 0 Å². The molecule has 0 atom stereocenters. The maximum absolute atomic E-state index is 5.71. The van der Waals surface area contributed by atoms with Gasteiger partial charge in [0.1, 0.15) is 0 Å². The molecule has 0 saturated heterocycles. The Balaban J connectivity index is 3.15. The lowest BCUT2D eigenvalue weighted by molar-refractivity contribution is 0.0855. The zero-order valence-corrected chi connectivity index (χ0v) is 8.05. The van der Waals surface area contributed by atoms with Gasteiger partial charge >= 0.3 is 0 Å². The van der Waals surface area contributed by atoms with Gasteiger partial charge in [0.25, 0.3) is 0 Å². The molecule has 0 amide bonds. The zero-order valence-electron chi connectivity index (χ0n) is 8.05. The van der Waals surface area contributed by atoms with E-state index >= 15 is 0 Å². The van der Waals surface area contributed by atoms with Crippen molar-refractivity contribution in [2.45, 2.75) is 19.4 Å². The highest BCUT2D eigenvalue weighted by molar-refractivity contribution is 4.69. The van der Waals surface area contributed by atoms with Crippen molar-refractivity contribution < 1.29 is 4.74 Å². The van der Waals surface area contributed by atoms with Crippen LogP contribution in [-0.2, 0) is 4.74 Å². The monoisotopic (exact) mass is 160 g/mol. The highest BCUT2D eigenvalue weighted by Gasteiger charge is 2.09. The molecule has 68 valence electrons. The first kappa shape index (κ1) is 10.9. The van der Waals surface area contributed by atoms with Gasteiger partial charge in [-0.3, -0.25) is 0 Å². The predicted octanol–water partition coefficient (Wildman–Crippen LogP) is 0.302. The summed E-state index contributed by atoms with van der Waals surface area (Å²) in [6.45, 7) is 6.26. The third-order valence-corrected chi connectivity index (χ3v) is 1.16. The Morgan fingerprint density at radius 3 is 2.27 bits per heavy atom. The molecule has 0 saturated carbocycles. The van der Waals surface area contributed by atoms with Crippen LogP contribution in [0.1, 0.15) is 13.8 Å². The summed E-state index contributed by atoms with van der Waals surface area (Å²) in [6.07, 6.45) is 0. The van der Waals surface area contributed by atoms with Gasteiger partial charge in [-0.1, -0.05) is 0 Å². The summed E-state index contributed by atoms with van der Waals surface area (Å²) in [5.41, 5.74) is 5.51. The first-order valence-corrected chi connectivity index (χ1v) is 3.93. The van der Waals surface area contributed by atoms with Crippen LogP contribution in [0.2, 0.25) is 0 Å². The Labute approximate surface area is 69.5 Å². The van der Waals surface area contributed by atoms with E-state index in [0.29, 0.717) is 6.61 Å². The lowest BCUT2D eigenvalue weighted by atomic mass is 10.1. The highest BCUT2D eigenvalue weighted by atomic mass is 16.5. The Bertz CT molecular complexity index is 96.8. The van der Waals surface area contributed by atoms with E-state index in [1.54, 1.807) is 0 Å². The molecule has 0 unspecified atom stereocenters. The Hall–Kier alpha value is -0.120. The molecule has 0 aliphatic heterocycles. The quantitative estimate of drug-likeness (QED) is 0.588. The minimum Gasteiger partial charge on any atom is -0.378 e. The smallest absolute Gasteiger partial charge is 0.0641 e. The van der Waals surface area contributed by atoms with E-state index in [9.17, 15) is 0 Å². The second kappa shape index (κ2) is 4.70. The largest absolute Gasteiger partial charge is 0.378 e. The molecule has 0 aromatic heterocycles. The molecule has 3 nitrogen and oxygen atoms in total. The topological polar surface area (TPSA) is 38.5 Å². The highest BCUT2D eigenvalue weighted by Crippen LogP contribution is 1.96. The van der Waals surface area contributed by atoms with E-state index in [-0.39, 0.29) is 5.54 Å². The van der Waals surface area contributed by atoms with Crippen molar-refractivity contribution in [2.75, 3.05) is 33.9 Å². The standard InChI is InChI=1S/C8H20N2O/c1-8(2,9)7-11-6-5-10(3)4/h5-7,9H2,1-4H3. The van der Waals surface area contributed by atoms with Crippen LogP contribution >= 0.6 is 0 Å². The summed E-state index contributed by atoms with van der Waals surface area (Å²) in [5.74, 6) is 0. The second-order valence-electron chi connectivity index (χ2n) is 3.84. The average Bonchev–Trinajstić information content (AvgIpc) is 1.78. The minimum atomic E-state index is -0.202. The van der Waals surface area contributed by atoms with Gasteiger partial charge in [0.05, 0.1) is 13.2 Å². The molecule has 0 aliphatic rings. The van der Waals surface area contributed by atoms with Crippen molar-refractivity contribution in [2.24, 2.45) is 5.73 Å². The van der Waals surface area contributed by atoms with Gasteiger partial charge < -0.3 is 15.4 Å². The first-order chi connectivity index (χ1) is 4.92. The van der Waals surface area contributed by atoms with Gasteiger partial charge in [-0.2, -0.15) is 0 Å². The van der Waals surface area contributed by atoms with Crippen LogP contribution in [-0.4, -0.2) is 44.3 Å². The molecule has 0 spiro atoms. The molecule has 11 heavy (non-hydrogen) atoms. The van der Waals surface area contributed by atoms with Crippen LogP contribution in [0.15, 0.2) is 0 Å². The molecule has 0 fully saturated rings. The number of hydrogen-bond acceptors (Lipinski definition) is 3. The van der Waals surface area contributed by atoms with Gasteiger partial charge in [-0.05, 0) is 27.9 Å². The van der Waals surface area contributed by atoms with Crippen molar-refractivity contribution >= 4 is 0 Å². The molecule has 0 rings (SSSR count). The molecule has 3 heteroatoms. The molecular weight excluding hydrogens is 140 g/mol. The van der Waals surface area contributed by atoms with Crippen LogP contribution < -0.4 is 5.73 Å². The van der Waals surface area contributed by atoms with E-state index in [0.717, 1.165) is 13.2 Å². The van der Waals surface area contributed by atoms with Crippen molar-refractivity contribution in [3.8, 4) is 0 Å². The normalized spacial score (nSPS) is 12.5. The lowest BCUT2D eigenvalue weighted by Gasteiger charge is -2.19. The number of rotatable bonds is 5. The predicted molar refractivity (Wildman–Crippen MR) is 47.6 cm³/mol. The summed E-state index contributed by atoms with van der Waals surface area (Å²) >= 11 is 0. The van der Waals surface area contributed by atoms with Crippen LogP contribution in [0.3, 0.4) is 0 Å². The summed E-state index contributed by atoms with van der Waals surface area (Å²) in [6, 6.07) is 0. The zero-order chi connectivity index (χ0) is 8.91. The third-order valence-electron chi connectivity index (χ3n) is 1.16. The summed E-state index contributed by atoms with van der Waals surface area (Å²) in [4.78, 5) is 2.09. The van der Waals surface area contributed by atoms with E-state index in [2.05, 4.69) is 4.90 Å². The minimum absolute atomic E-state index is 0.202. The molecule has 0 aromatic carbocycles. The van der Waals surface area contributed by atoms with Gasteiger partial charge in [-0.15, -0.1) is 0 Å². The Morgan fingerprint density at radius 1 is 1.36 bits per heavy atom.